The van der Waals surface area contributed by atoms with E-state index in [9.17, 15) is 4.79 Å². The highest BCUT2D eigenvalue weighted by Gasteiger charge is 2.33. The summed E-state index contributed by atoms with van der Waals surface area (Å²) in [7, 11) is 0. The zero-order valence-corrected chi connectivity index (χ0v) is 11.1. The monoisotopic (exact) mass is 260 g/mol. The van der Waals surface area contributed by atoms with Gasteiger partial charge in [0.1, 0.15) is 12.0 Å². The maximum absolute atomic E-state index is 11.6. The summed E-state index contributed by atoms with van der Waals surface area (Å²) in [6.45, 7) is 1.17. The fourth-order valence-electron chi connectivity index (χ4n) is 1.93. The number of aliphatic hydroxyl groups is 2. The maximum atomic E-state index is 11.6. The summed E-state index contributed by atoms with van der Waals surface area (Å²) >= 11 is 0. The van der Waals surface area contributed by atoms with Crippen LogP contribution in [0, 0.1) is 5.41 Å². The van der Waals surface area contributed by atoms with E-state index in [0.29, 0.717) is 12.7 Å². The van der Waals surface area contributed by atoms with Crippen LogP contribution in [-0.4, -0.2) is 48.7 Å². The van der Waals surface area contributed by atoms with Crippen LogP contribution in [0.2, 0.25) is 0 Å². The van der Waals surface area contributed by atoms with E-state index >= 15 is 0 Å². The van der Waals surface area contributed by atoms with Crippen LogP contribution in [0.5, 0.6) is 0 Å². The molecule has 0 aromatic carbocycles. The van der Waals surface area contributed by atoms with Gasteiger partial charge in [0.2, 0.25) is 0 Å². The van der Waals surface area contributed by atoms with Crippen molar-refractivity contribution in [1.82, 2.24) is 0 Å². The van der Waals surface area contributed by atoms with Crippen LogP contribution in [-0.2, 0) is 14.3 Å². The highest BCUT2D eigenvalue weighted by Crippen LogP contribution is 2.20. The second-order valence-electron chi connectivity index (χ2n) is 5.14. The molecule has 0 saturated heterocycles. The molecule has 0 spiro atoms. The van der Waals surface area contributed by atoms with E-state index in [1.165, 1.54) is 26.2 Å². The number of ether oxygens (including phenoxy) is 2. The minimum absolute atomic E-state index is 0.172. The Bertz CT molecular complexity index is 244. The lowest BCUT2D eigenvalue weighted by Crippen LogP contribution is -2.37. The first kappa shape index (κ1) is 15.4. The van der Waals surface area contributed by atoms with E-state index in [0.717, 1.165) is 12.8 Å². The number of esters is 1. The van der Waals surface area contributed by atoms with Crippen LogP contribution in [0.25, 0.3) is 0 Å². The molecule has 5 heteroatoms. The molecule has 0 aromatic heterocycles. The highest BCUT2D eigenvalue weighted by atomic mass is 16.6. The van der Waals surface area contributed by atoms with E-state index < -0.39 is 24.6 Å². The first-order valence-corrected chi connectivity index (χ1v) is 6.63. The van der Waals surface area contributed by atoms with Crippen LogP contribution in [0.1, 0.15) is 39.0 Å². The highest BCUT2D eigenvalue weighted by molar-refractivity contribution is 5.76. The third-order valence-corrected chi connectivity index (χ3v) is 3.41. The van der Waals surface area contributed by atoms with E-state index in [1.807, 2.05) is 0 Å². The van der Waals surface area contributed by atoms with Crippen LogP contribution < -0.4 is 0 Å². The molecule has 0 radical (unpaired) electrons. The molecule has 0 aliphatic heterocycles. The third-order valence-electron chi connectivity index (χ3n) is 3.41. The van der Waals surface area contributed by atoms with Gasteiger partial charge in [0.05, 0.1) is 25.9 Å². The van der Waals surface area contributed by atoms with Gasteiger partial charge >= 0.3 is 5.97 Å². The third kappa shape index (κ3) is 4.55. The fraction of sp³-hybridized carbons (Fsp3) is 0.923. The van der Waals surface area contributed by atoms with Gasteiger partial charge in [-0.3, -0.25) is 4.79 Å². The molecule has 106 valence electrons. The number of hydrogen-bond donors (Lipinski definition) is 2. The summed E-state index contributed by atoms with van der Waals surface area (Å²) < 4.78 is 10.6. The zero-order valence-electron chi connectivity index (χ0n) is 11.1. The Morgan fingerprint density at radius 2 is 1.78 bits per heavy atom. The molecule has 0 bridgehead atoms. The van der Waals surface area contributed by atoms with Gasteiger partial charge in [-0.2, -0.15) is 0 Å². The summed E-state index contributed by atoms with van der Waals surface area (Å²) in [5.41, 5.74) is -1.22. The van der Waals surface area contributed by atoms with E-state index in [1.54, 1.807) is 0 Å². The van der Waals surface area contributed by atoms with E-state index in [2.05, 4.69) is 0 Å². The molecule has 0 atom stereocenters. The topological polar surface area (TPSA) is 76.0 Å². The maximum Gasteiger partial charge on any atom is 0.316 e. The van der Waals surface area contributed by atoms with Crippen molar-refractivity contribution in [2.24, 2.45) is 5.41 Å². The summed E-state index contributed by atoms with van der Waals surface area (Å²) in [5, 5.41) is 18.0. The molecule has 1 fully saturated rings. The fourth-order valence-corrected chi connectivity index (χ4v) is 1.93. The van der Waals surface area contributed by atoms with Crippen molar-refractivity contribution < 1.29 is 24.5 Å². The number of rotatable bonds is 7. The number of carbonyl (C=O) groups excluding carboxylic acids is 1. The standard InChI is InChI=1S/C13H24O5/c1-13(9-14,10-15)12(16)18-8-7-17-11-5-3-2-4-6-11/h11,14-15H,2-10H2,1H3. The average molecular weight is 260 g/mol. The van der Waals surface area contributed by atoms with Gasteiger partial charge in [-0.05, 0) is 19.8 Å². The average Bonchev–Trinajstić information content (AvgIpc) is 2.43. The zero-order chi connectivity index (χ0) is 13.4. The van der Waals surface area contributed by atoms with Gasteiger partial charge in [0, 0.05) is 0 Å². The first-order valence-electron chi connectivity index (χ1n) is 6.63. The van der Waals surface area contributed by atoms with Crippen LogP contribution in [0.3, 0.4) is 0 Å². The summed E-state index contributed by atoms with van der Waals surface area (Å²) in [5.74, 6) is -0.584. The number of aliphatic hydroxyl groups excluding tert-OH is 2. The van der Waals surface area contributed by atoms with Gasteiger partial charge in [-0.25, -0.2) is 0 Å². The Balaban J connectivity index is 2.15. The van der Waals surface area contributed by atoms with Crippen molar-refractivity contribution >= 4 is 5.97 Å². The minimum atomic E-state index is -1.22. The largest absolute Gasteiger partial charge is 0.463 e. The van der Waals surface area contributed by atoms with Crippen molar-refractivity contribution in [2.75, 3.05) is 26.4 Å². The van der Waals surface area contributed by atoms with Gasteiger partial charge in [-0.1, -0.05) is 19.3 Å². The predicted molar refractivity (Wildman–Crippen MR) is 66.1 cm³/mol. The predicted octanol–water partition coefficient (Wildman–Crippen LogP) is 0.870. The Kier molecular flexibility index (Phi) is 6.60. The Hall–Kier alpha value is -0.650. The van der Waals surface area contributed by atoms with Gasteiger partial charge in [0.25, 0.3) is 0 Å². The summed E-state index contributed by atoms with van der Waals surface area (Å²) in [6, 6.07) is 0. The second-order valence-corrected chi connectivity index (χ2v) is 5.14. The minimum Gasteiger partial charge on any atom is -0.463 e. The smallest absolute Gasteiger partial charge is 0.316 e. The lowest BCUT2D eigenvalue weighted by atomic mass is 9.93. The van der Waals surface area contributed by atoms with E-state index in [4.69, 9.17) is 19.7 Å². The van der Waals surface area contributed by atoms with Crippen molar-refractivity contribution in [2.45, 2.75) is 45.1 Å². The van der Waals surface area contributed by atoms with Crippen LogP contribution >= 0.6 is 0 Å². The Morgan fingerprint density at radius 3 is 2.33 bits per heavy atom. The lowest BCUT2D eigenvalue weighted by Gasteiger charge is -2.24. The van der Waals surface area contributed by atoms with Gasteiger partial charge in [-0.15, -0.1) is 0 Å². The van der Waals surface area contributed by atoms with Crippen molar-refractivity contribution in [1.29, 1.82) is 0 Å². The Morgan fingerprint density at radius 1 is 1.17 bits per heavy atom. The molecule has 0 aromatic rings. The SMILES string of the molecule is CC(CO)(CO)C(=O)OCCOC1CCCCC1. The molecular weight excluding hydrogens is 236 g/mol. The molecule has 1 saturated carbocycles. The number of hydrogen-bond acceptors (Lipinski definition) is 5. The Labute approximate surface area is 108 Å². The molecular formula is C13H24O5. The molecule has 1 aliphatic carbocycles. The molecule has 1 rings (SSSR count). The molecule has 0 heterocycles. The molecule has 5 nitrogen and oxygen atoms in total. The quantitative estimate of drug-likeness (QED) is 0.525. The van der Waals surface area contributed by atoms with Gasteiger partial charge < -0.3 is 19.7 Å². The van der Waals surface area contributed by atoms with Gasteiger partial charge in [0.15, 0.2) is 0 Å². The first-order chi connectivity index (χ1) is 8.62. The molecule has 18 heavy (non-hydrogen) atoms. The van der Waals surface area contributed by atoms with Crippen LogP contribution in [0.4, 0.5) is 0 Å². The second kappa shape index (κ2) is 7.71. The molecule has 0 unspecified atom stereocenters. The van der Waals surface area contributed by atoms with E-state index in [-0.39, 0.29) is 6.61 Å². The normalized spacial score (nSPS) is 17.7. The van der Waals surface area contributed by atoms with Crippen molar-refractivity contribution in [3.63, 3.8) is 0 Å². The van der Waals surface area contributed by atoms with Crippen LogP contribution in [0.15, 0.2) is 0 Å². The molecule has 1 aliphatic rings. The van der Waals surface area contributed by atoms with Crippen molar-refractivity contribution in [3.05, 3.63) is 0 Å². The lowest BCUT2D eigenvalue weighted by molar-refractivity contribution is -0.162. The number of carbonyl (C=O) groups is 1. The summed E-state index contributed by atoms with van der Waals surface area (Å²) in [4.78, 5) is 11.6. The summed E-state index contributed by atoms with van der Waals surface area (Å²) in [6.07, 6.45) is 6.15. The molecule has 2 N–H and O–H groups in total. The molecule has 0 amide bonds. The van der Waals surface area contributed by atoms with Crippen molar-refractivity contribution in [3.8, 4) is 0 Å².